The molecule has 0 atom stereocenters. The van der Waals surface area contributed by atoms with Gasteiger partial charge in [0.25, 0.3) is 10.0 Å². The first kappa shape index (κ1) is 18.8. The second-order valence-corrected chi connectivity index (χ2v) is 6.92. The van der Waals surface area contributed by atoms with Crippen LogP contribution in [0.1, 0.15) is 13.8 Å². The summed E-state index contributed by atoms with van der Waals surface area (Å²) in [5, 5.41) is 0. The molecular formula is C18H21NO5S. The van der Waals surface area contributed by atoms with E-state index >= 15 is 0 Å². The fraction of sp³-hybridized carbons (Fsp3) is 0.278. The van der Waals surface area contributed by atoms with E-state index < -0.39 is 22.5 Å². The molecule has 0 aliphatic heterocycles. The van der Waals surface area contributed by atoms with E-state index in [-0.39, 0.29) is 11.5 Å². The lowest BCUT2D eigenvalue weighted by molar-refractivity contribution is -0.141. The van der Waals surface area contributed by atoms with Gasteiger partial charge in [0.1, 0.15) is 12.3 Å². The van der Waals surface area contributed by atoms with E-state index in [0.29, 0.717) is 18.0 Å². The van der Waals surface area contributed by atoms with Crippen molar-refractivity contribution in [1.82, 2.24) is 0 Å². The normalized spacial score (nSPS) is 11.0. The molecule has 0 aliphatic rings. The Morgan fingerprint density at radius 2 is 1.60 bits per heavy atom. The fourth-order valence-corrected chi connectivity index (χ4v) is 3.64. The molecule has 134 valence electrons. The summed E-state index contributed by atoms with van der Waals surface area (Å²) >= 11 is 0. The molecule has 0 saturated heterocycles. The van der Waals surface area contributed by atoms with Crippen molar-refractivity contribution in [2.75, 3.05) is 24.1 Å². The Labute approximate surface area is 148 Å². The number of anilines is 1. The van der Waals surface area contributed by atoms with Crippen LogP contribution < -0.4 is 9.04 Å². The third-order valence-corrected chi connectivity index (χ3v) is 5.13. The maximum Gasteiger partial charge on any atom is 0.326 e. The molecule has 0 unspecified atom stereocenters. The van der Waals surface area contributed by atoms with E-state index in [4.69, 9.17) is 9.47 Å². The average molecular weight is 363 g/mol. The van der Waals surface area contributed by atoms with Crippen molar-refractivity contribution in [2.24, 2.45) is 0 Å². The lowest BCUT2D eigenvalue weighted by Crippen LogP contribution is -2.36. The van der Waals surface area contributed by atoms with Gasteiger partial charge in [-0.15, -0.1) is 0 Å². The standard InChI is InChI=1S/C18H21NO5S/c1-3-23-16-10-12-17(13-11-16)25(21,22)19(14-18(20)24-4-2)15-8-6-5-7-9-15/h5-13H,3-4,14H2,1-2H3. The van der Waals surface area contributed by atoms with Crippen LogP contribution in [0.3, 0.4) is 0 Å². The van der Waals surface area contributed by atoms with Crippen LogP contribution in [0.15, 0.2) is 59.5 Å². The van der Waals surface area contributed by atoms with Crippen LogP contribution >= 0.6 is 0 Å². The van der Waals surface area contributed by atoms with E-state index in [1.165, 1.54) is 12.1 Å². The highest BCUT2D eigenvalue weighted by molar-refractivity contribution is 7.92. The Hall–Kier alpha value is -2.54. The molecule has 25 heavy (non-hydrogen) atoms. The molecule has 0 aromatic heterocycles. The Bertz CT molecular complexity index is 788. The number of hydrogen-bond donors (Lipinski definition) is 0. The summed E-state index contributed by atoms with van der Waals surface area (Å²) in [4.78, 5) is 12.0. The molecule has 6 nitrogen and oxygen atoms in total. The second kappa shape index (κ2) is 8.53. The zero-order valence-electron chi connectivity index (χ0n) is 14.2. The van der Waals surface area contributed by atoms with Crippen LogP contribution in [-0.2, 0) is 19.6 Å². The molecule has 0 N–H and O–H groups in total. The van der Waals surface area contributed by atoms with Crippen molar-refractivity contribution in [3.8, 4) is 5.75 Å². The minimum atomic E-state index is -3.92. The van der Waals surface area contributed by atoms with Gasteiger partial charge < -0.3 is 9.47 Å². The summed E-state index contributed by atoms with van der Waals surface area (Å²) in [7, 11) is -3.92. The van der Waals surface area contributed by atoms with Gasteiger partial charge in [-0.25, -0.2) is 8.42 Å². The monoisotopic (exact) mass is 363 g/mol. The Morgan fingerprint density at radius 3 is 2.16 bits per heavy atom. The summed E-state index contributed by atoms with van der Waals surface area (Å²) in [5.74, 6) is -0.0287. The number of ether oxygens (including phenoxy) is 2. The first-order chi connectivity index (χ1) is 12.0. The van der Waals surface area contributed by atoms with Gasteiger partial charge in [-0.1, -0.05) is 18.2 Å². The number of carbonyl (C=O) groups excluding carboxylic acids is 1. The number of rotatable bonds is 8. The van der Waals surface area contributed by atoms with Crippen LogP contribution in [0, 0.1) is 0 Å². The minimum absolute atomic E-state index is 0.0732. The van der Waals surface area contributed by atoms with Gasteiger partial charge in [-0.3, -0.25) is 9.10 Å². The predicted molar refractivity (Wildman–Crippen MR) is 95.2 cm³/mol. The quantitative estimate of drug-likeness (QED) is 0.674. The molecule has 2 rings (SSSR count). The molecule has 0 amide bonds. The molecule has 7 heteroatoms. The lowest BCUT2D eigenvalue weighted by atomic mass is 10.3. The number of sulfonamides is 1. The van der Waals surface area contributed by atoms with Gasteiger partial charge in [-0.2, -0.15) is 0 Å². The number of benzene rings is 2. The summed E-state index contributed by atoms with van der Waals surface area (Å²) in [6.07, 6.45) is 0. The Morgan fingerprint density at radius 1 is 0.960 bits per heavy atom. The highest BCUT2D eigenvalue weighted by atomic mass is 32.2. The zero-order chi connectivity index (χ0) is 18.3. The zero-order valence-corrected chi connectivity index (χ0v) is 15.0. The summed E-state index contributed by atoms with van der Waals surface area (Å²) < 4.78 is 37.3. The van der Waals surface area contributed by atoms with Gasteiger partial charge in [0, 0.05) is 0 Å². The third-order valence-electron chi connectivity index (χ3n) is 3.34. The number of carbonyl (C=O) groups is 1. The molecule has 2 aromatic carbocycles. The molecule has 2 aromatic rings. The van der Waals surface area contributed by atoms with Crippen LogP contribution in [0.2, 0.25) is 0 Å². The summed E-state index contributed by atoms with van der Waals surface area (Å²) in [6, 6.07) is 14.5. The van der Waals surface area contributed by atoms with Gasteiger partial charge in [0.15, 0.2) is 0 Å². The van der Waals surface area contributed by atoms with E-state index in [1.54, 1.807) is 49.4 Å². The molecule has 0 aliphatic carbocycles. The van der Waals surface area contributed by atoms with Gasteiger partial charge in [0.05, 0.1) is 23.8 Å². The minimum Gasteiger partial charge on any atom is -0.494 e. The fourth-order valence-electron chi connectivity index (χ4n) is 2.23. The molecule has 0 saturated carbocycles. The van der Waals surface area contributed by atoms with Gasteiger partial charge in [0.2, 0.25) is 0 Å². The summed E-state index contributed by atoms with van der Waals surface area (Å²) in [5.41, 5.74) is 0.393. The largest absolute Gasteiger partial charge is 0.494 e. The molecule has 0 fully saturated rings. The molecule has 0 spiro atoms. The second-order valence-electron chi connectivity index (χ2n) is 5.06. The Balaban J connectivity index is 2.38. The first-order valence-electron chi connectivity index (χ1n) is 7.95. The van der Waals surface area contributed by atoms with E-state index in [2.05, 4.69) is 0 Å². The van der Waals surface area contributed by atoms with Gasteiger partial charge >= 0.3 is 5.97 Å². The van der Waals surface area contributed by atoms with Crippen LogP contribution in [-0.4, -0.2) is 34.1 Å². The highest BCUT2D eigenvalue weighted by Crippen LogP contribution is 2.25. The van der Waals surface area contributed by atoms with E-state index in [0.717, 1.165) is 4.31 Å². The van der Waals surface area contributed by atoms with Crippen molar-refractivity contribution in [3.63, 3.8) is 0 Å². The highest BCUT2D eigenvalue weighted by Gasteiger charge is 2.27. The van der Waals surface area contributed by atoms with Gasteiger partial charge in [-0.05, 0) is 50.2 Å². The van der Waals surface area contributed by atoms with Crippen molar-refractivity contribution < 1.29 is 22.7 Å². The number of esters is 1. The predicted octanol–water partition coefficient (Wildman–Crippen LogP) is 2.84. The van der Waals surface area contributed by atoms with Crippen LogP contribution in [0.5, 0.6) is 5.75 Å². The maximum absolute atomic E-state index is 13.0. The van der Waals surface area contributed by atoms with Crippen molar-refractivity contribution in [3.05, 3.63) is 54.6 Å². The topological polar surface area (TPSA) is 72.9 Å². The average Bonchev–Trinajstić information content (AvgIpc) is 2.61. The molecule has 0 bridgehead atoms. The number of para-hydroxylation sites is 1. The SMILES string of the molecule is CCOC(=O)CN(c1ccccc1)S(=O)(=O)c1ccc(OCC)cc1. The first-order valence-corrected chi connectivity index (χ1v) is 9.39. The lowest BCUT2D eigenvalue weighted by Gasteiger charge is -2.23. The smallest absolute Gasteiger partial charge is 0.326 e. The molecule has 0 heterocycles. The third kappa shape index (κ3) is 4.73. The summed E-state index contributed by atoms with van der Waals surface area (Å²) in [6.45, 7) is 3.80. The molecular weight excluding hydrogens is 342 g/mol. The number of nitrogens with zero attached hydrogens (tertiary/aromatic N) is 1. The van der Waals surface area contributed by atoms with E-state index in [1.807, 2.05) is 6.92 Å². The van der Waals surface area contributed by atoms with Crippen LogP contribution in [0.25, 0.3) is 0 Å². The maximum atomic E-state index is 13.0. The van der Waals surface area contributed by atoms with Crippen LogP contribution in [0.4, 0.5) is 5.69 Å². The Kier molecular flexibility index (Phi) is 6.41. The van der Waals surface area contributed by atoms with Crippen molar-refractivity contribution in [2.45, 2.75) is 18.7 Å². The number of hydrogen-bond acceptors (Lipinski definition) is 5. The van der Waals surface area contributed by atoms with Crippen molar-refractivity contribution in [1.29, 1.82) is 0 Å². The van der Waals surface area contributed by atoms with E-state index in [9.17, 15) is 13.2 Å². The molecule has 0 radical (unpaired) electrons. The van der Waals surface area contributed by atoms with Crippen molar-refractivity contribution >= 4 is 21.7 Å².